The van der Waals surface area contributed by atoms with E-state index in [1.165, 1.54) is 24.3 Å². The van der Waals surface area contributed by atoms with Crippen molar-refractivity contribution in [1.82, 2.24) is 0 Å². The second-order valence-corrected chi connectivity index (χ2v) is 4.96. The van der Waals surface area contributed by atoms with Crippen molar-refractivity contribution in [2.24, 2.45) is 5.73 Å². The third-order valence-corrected chi connectivity index (χ3v) is 3.41. The van der Waals surface area contributed by atoms with Gasteiger partial charge in [-0.3, -0.25) is 0 Å². The van der Waals surface area contributed by atoms with Crippen molar-refractivity contribution >= 4 is 11.6 Å². The summed E-state index contributed by atoms with van der Waals surface area (Å²) in [5.74, 6) is -0.727. The summed E-state index contributed by atoms with van der Waals surface area (Å²) in [7, 11) is 0. The highest BCUT2D eigenvalue weighted by Crippen LogP contribution is 2.23. The highest BCUT2D eigenvalue weighted by molar-refractivity contribution is 6.30. The molecule has 4 heteroatoms. The molecule has 19 heavy (non-hydrogen) atoms. The van der Waals surface area contributed by atoms with Crippen LogP contribution in [-0.2, 0) is 6.42 Å². The van der Waals surface area contributed by atoms with E-state index in [0.29, 0.717) is 6.42 Å². The van der Waals surface area contributed by atoms with E-state index >= 15 is 0 Å². The highest BCUT2D eigenvalue weighted by Gasteiger charge is 2.11. The molecule has 2 N–H and O–H groups in total. The van der Waals surface area contributed by atoms with E-state index in [-0.39, 0.29) is 16.9 Å². The maximum Gasteiger partial charge on any atom is 0.141 e. The first-order valence-corrected chi connectivity index (χ1v) is 6.30. The Kier molecular flexibility index (Phi) is 4.17. The number of halogens is 3. The minimum Gasteiger partial charge on any atom is -0.324 e. The Bertz CT molecular complexity index is 599. The molecular weight excluding hydrogens is 268 g/mol. The summed E-state index contributed by atoms with van der Waals surface area (Å²) in [5.41, 5.74) is 8.66. The Morgan fingerprint density at radius 2 is 1.89 bits per heavy atom. The molecule has 0 aliphatic carbocycles. The molecule has 100 valence electrons. The fraction of sp³-hybridized carbons (Fsp3) is 0.200. The topological polar surface area (TPSA) is 26.0 Å². The molecule has 0 spiro atoms. The summed E-state index contributed by atoms with van der Waals surface area (Å²) >= 11 is 5.73. The molecule has 0 aromatic heterocycles. The average molecular weight is 282 g/mol. The number of rotatable bonds is 3. The molecule has 0 aliphatic heterocycles. The van der Waals surface area contributed by atoms with Crippen LogP contribution < -0.4 is 5.73 Å². The number of hydrogen-bond donors (Lipinski definition) is 1. The average Bonchev–Trinajstić information content (AvgIpc) is 2.36. The van der Waals surface area contributed by atoms with Crippen LogP contribution in [0.4, 0.5) is 8.78 Å². The van der Waals surface area contributed by atoms with E-state index in [9.17, 15) is 8.78 Å². The van der Waals surface area contributed by atoms with Gasteiger partial charge in [0, 0.05) is 6.04 Å². The lowest BCUT2D eigenvalue weighted by Crippen LogP contribution is -2.14. The van der Waals surface area contributed by atoms with Crippen molar-refractivity contribution in [3.05, 3.63) is 69.7 Å². The minimum atomic E-state index is -0.462. The van der Waals surface area contributed by atoms with Crippen LogP contribution in [0, 0.1) is 18.6 Å². The van der Waals surface area contributed by atoms with Crippen LogP contribution in [0.2, 0.25) is 5.02 Å². The van der Waals surface area contributed by atoms with Gasteiger partial charge < -0.3 is 5.73 Å². The fourth-order valence-electron chi connectivity index (χ4n) is 1.99. The van der Waals surface area contributed by atoms with E-state index in [0.717, 1.165) is 16.7 Å². The lowest BCUT2D eigenvalue weighted by atomic mass is 9.97. The number of hydrogen-bond acceptors (Lipinski definition) is 1. The SMILES string of the molecule is Cc1cc(F)ccc1CC(N)c1ccc(F)c(Cl)c1. The van der Waals surface area contributed by atoms with Gasteiger partial charge >= 0.3 is 0 Å². The number of aryl methyl sites for hydroxylation is 1. The van der Waals surface area contributed by atoms with Crippen molar-refractivity contribution in [1.29, 1.82) is 0 Å². The zero-order valence-electron chi connectivity index (χ0n) is 10.5. The van der Waals surface area contributed by atoms with Gasteiger partial charge in [0.05, 0.1) is 5.02 Å². The Morgan fingerprint density at radius 3 is 2.53 bits per heavy atom. The Morgan fingerprint density at radius 1 is 1.16 bits per heavy atom. The van der Waals surface area contributed by atoms with Crippen molar-refractivity contribution in [3.8, 4) is 0 Å². The van der Waals surface area contributed by atoms with E-state index in [1.807, 2.05) is 6.92 Å². The molecule has 0 heterocycles. The van der Waals surface area contributed by atoms with Gasteiger partial charge in [-0.1, -0.05) is 23.7 Å². The first kappa shape index (κ1) is 14.0. The largest absolute Gasteiger partial charge is 0.324 e. The molecule has 1 atom stereocenters. The lowest BCUT2D eigenvalue weighted by Gasteiger charge is -2.14. The van der Waals surface area contributed by atoms with E-state index < -0.39 is 5.82 Å². The Labute approximate surface area is 116 Å². The van der Waals surface area contributed by atoms with Crippen molar-refractivity contribution in [3.63, 3.8) is 0 Å². The maximum absolute atomic E-state index is 13.1. The van der Waals surface area contributed by atoms with Crippen molar-refractivity contribution < 1.29 is 8.78 Å². The molecule has 0 bridgehead atoms. The summed E-state index contributed by atoms with van der Waals surface area (Å²) in [6.45, 7) is 1.84. The van der Waals surface area contributed by atoms with Gasteiger partial charge in [-0.25, -0.2) is 8.78 Å². The van der Waals surface area contributed by atoms with Gasteiger partial charge in [0.25, 0.3) is 0 Å². The summed E-state index contributed by atoms with van der Waals surface area (Å²) in [4.78, 5) is 0. The van der Waals surface area contributed by atoms with Crippen LogP contribution in [0.15, 0.2) is 36.4 Å². The predicted molar refractivity (Wildman–Crippen MR) is 73.2 cm³/mol. The smallest absolute Gasteiger partial charge is 0.141 e. The van der Waals surface area contributed by atoms with Crippen LogP contribution in [0.3, 0.4) is 0 Å². The van der Waals surface area contributed by atoms with Gasteiger partial charge in [-0.2, -0.15) is 0 Å². The molecule has 1 nitrogen and oxygen atoms in total. The van der Waals surface area contributed by atoms with Crippen molar-refractivity contribution in [2.75, 3.05) is 0 Å². The molecule has 2 aromatic carbocycles. The van der Waals surface area contributed by atoms with E-state index in [1.54, 1.807) is 12.1 Å². The first-order chi connectivity index (χ1) is 8.97. The fourth-order valence-corrected chi connectivity index (χ4v) is 2.18. The van der Waals surface area contributed by atoms with Crippen LogP contribution in [-0.4, -0.2) is 0 Å². The molecule has 0 aliphatic rings. The van der Waals surface area contributed by atoms with E-state index in [4.69, 9.17) is 17.3 Å². The Balaban J connectivity index is 2.20. The van der Waals surface area contributed by atoms with Gasteiger partial charge in [0.1, 0.15) is 11.6 Å². The molecule has 0 saturated heterocycles. The summed E-state index contributed by atoms with van der Waals surface area (Å²) < 4.78 is 26.1. The third-order valence-electron chi connectivity index (χ3n) is 3.12. The van der Waals surface area contributed by atoms with Gasteiger partial charge in [-0.15, -0.1) is 0 Å². The second kappa shape index (κ2) is 5.68. The standard InChI is InChI=1S/C15H14ClF2N/c1-9-6-12(17)4-2-10(9)8-15(19)11-3-5-14(18)13(16)7-11/h2-7,15H,8,19H2,1H3. The van der Waals surface area contributed by atoms with Crippen molar-refractivity contribution in [2.45, 2.75) is 19.4 Å². The maximum atomic E-state index is 13.1. The van der Waals surface area contributed by atoms with Gasteiger partial charge in [0.2, 0.25) is 0 Å². The van der Waals surface area contributed by atoms with Crippen LogP contribution in [0.1, 0.15) is 22.7 Å². The summed E-state index contributed by atoms with van der Waals surface area (Å²) in [6, 6.07) is 8.74. The lowest BCUT2D eigenvalue weighted by molar-refractivity contribution is 0.621. The van der Waals surface area contributed by atoms with Crippen LogP contribution >= 0.6 is 11.6 Å². The molecule has 0 amide bonds. The van der Waals surface area contributed by atoms with Crippen LogP contribution in [0.25, 0.3) is 0 Å². The van der Waals surface area contributed by atoms with Gasteiger partial charge in [0.15, 0.2) is 0 Å². The number of nitrogens with two attached hydrogens (primary N) is 1. The molecule has 0 saturated carbocycles. The normalized spacial score (nSPS) is 12.5. The molecule has 2 rings (SSSR count). The highest BCUT2D eigenvalue weighted by atomic mass is 35.5. The number of benzene rings is 2. The molecule has 0 radical (unpaired) electrons. The van der Waals surface area contributed by atoms with E-state index in [2.05, 4.69) is 0 Å². The quantitative estimate of drug-likeness (QED) is 0.898. The predicted octanol–water partition coefficient (Wildman–Crippen LogP) is 4.17. The summed E-state index contributed by atoms with van der Waals surface area (Å²) in [5, 5.41) is 0.0591. The second-order valence-electron chi connectivity index (χ2n) is 4.55. The Hall–Kier alpha value is -1.45. The molecule has 2 aromatic rings. The summed E-state index contributed by atoms with van der Waals surface area (Å²) in [6.07, 6.45) is 0.550. The molecule has 0 fully saturated rings. The zero-order chi connectivity index (χ0) is 14.0. The minimum absolute atomic E-state index is 0.0591. The first-order valence-electron chi connectivity index (χ1n) is 5.93. The zero-order valence-corrected chi connectivity index (χ0v) is 11.2. The van der Waals surface area contributed by atoms with Gasteiger partial charge in [-0.05, 0) is 54.3 Å². The monoisotopic (exact) mass is 281 g/mol. The van der Waals surface area contributed by atoms with Crippen LogP contribution in [0.5, 0.6) is 0 Å². The third kappa shape index (κ3) is 3.31. The molecular formula is C15H14ClF2N. The molecule has 1 unspecified atom stereocenters.